The fourth-order valence-corrected chi connectivity index (χ4v) is 1.99. The molecule has 5 heteroatoms. The van der Waals surface area contributed by atoms with Gasteiger partial charge in [0.25, 0.3) is 5.91 Å². The number of primary amides is 1. The Hall–Kier alpha value is -1.38. The van der Waals surface area contributed by atoms with Gasteiger partial charge in [-0.3, -0.25) is 9.69 Å². The first-order valence-electron chi connectivity index (χ1n) is 5.73. The molecule has 0 saturated carbocycles. The average molecular weight is 236 g/mol. The van der Waals surface area contributed by atoms with Gasteiger partial charge in [0.15, 0.2) is 0 Å². The quantitative estimate of drug-likeness (QED) is 0.550. The maximum atomic E-state index is 11.0. The van der Waals surface area contributed by atoms with Crippen LogP contribution in [0.1, 0.15) is 13.8 Å². The predicted octanol–water partition coefficient (Wildman–Crippen LogP) is -0.0523. The molecule has 94 valence electrons. The molecule has 1 aliphatic rings. The topological polar surface area (TPSA) is 73.4 Å². The molecule has 1 amide bonds. The highest BCUT2D eigenvalue weighted by molar-refractivity contribution is 5.96. The van der Waals surface area contributed by atoms with E-state index < -0.39 is 5.91 Å². The second-order valence-electron chi connectivity index (χ2n) is 4.98. The minimum atomic E-state index is -0.658. The van der Waals surface area contributed by atoms with Gasteiger partial charge in [0, 0.05) is 31.7 Å². The van der Waals surface area contributed by atoms with E-state index in [0.717, 1.165) is 26.2 Å². The lowest BCUT2D eigenvalue weighted by atomic mass is 9.98. The minimum absolute atomic E-state index is 0.0360. The van der Waals surface area contributed by atoms with Crippen molar-refractivity contribution >= 4 is 5.91 Å². The molecule has 0 spiro atoms. The summed E-state index contributed by atoms with van der Waals surface area (Å²) in [4.78, 5) is 15.6. The molecule has 0 aromatic rings. The molecule has 0 aromatic carbocycles. The number of nitriles is 1. The summed E-state index contributed by atoms with van der Waals surface area (Å²) >= 11 is 0. The Morgan fingerprint density at radius 3 is 2.29 bits per heavy atom. The maximum absolute atomic E-state index is 11.0. The van der Waals surface area contributed by atoms with Crippen LogP contribution >= 0.6 is 0 Å². The molecule has 0 aliphatic carbocycles. The van der Waals surface area contributed by atoms with Crippen LogP contribution in [0.2, 0.25) is 0 Å². The van der Waals surface area contributed by atoms with Crippen LogP contribution in [-0.4, -0.2) is 54.5 Å². The molecule has 0 unspecified atom stereocenters. The first kappa shape index (κ1) is 13.7. The molecule has 0 radical (unpaired) electrons. The van der Waals surface area contributed by atoms with Crippen molar-refractivity contribution in [1.29, 1.82) is 5.26 Å². The van der Waals surface area contributed by atoms with Gasteiger partial charge in [-0.2, -0.15) is 5.26 Å². The summed E-state index contributed by atoms with van der Waals surface area (Å²) in [6, 6.07) is 1.85. The molecule has 1 saturated heterocycles. The standard InChI is InChI=1S/C12H20N4O/c1-12(2,8-10(9-13)11(14)17)16-6-4-15(3)5-7-16/h8H,4-7H2,1-3H3,(H2,14,17). The average Bonchev–Trinajstić information content (AvgIpc) is 2.26. The maximum Gasteiger partial charge on any atom is 0.259 e. The van der Waals surface area contributed by atoms with Crippen LogP contribution in [0.5, 0.6) is 0 Å². The van der Waals surface area contributed by atoms with Gasteiger partial charge in [-0.25, -0.2) is 0 Å². The Morgan fingerprint density at radius 2 is 1.88 bits per heavy atom. The van der Waals surface area contributed by atoms with Crippen molar-refractivity contribution in [3.8, 4) is 6.07 Å². The van der Waals surface area contributed by atoms with Crippen molar-refractivity contribution in [2.24, 2.45) is 5.73 Å². The van der Waals surface area contributed by atoms with Crippen molar-refractivity contribution in [3.05, 3.63) is 11.6 Å². The smallest absolute Gasteiger partial charge is 0.259 e. The van der Waals surface area contributed by atoms with E-state index in [4.69, 9.17) is 11.0 Å². The van der Waals surface area contributed by atoms with Crippen LogP contribution in [0, 0.1) is 11.3 Å². The number of amides is 1. The zero-order chi connectivity index (χ0) is 13.1. The fraction of sp³-hybridized carbons (Fsp3) is 0.667. The second kappa shape index (κ2) is 5.30. The van der Waals surface area contributed by atoms with Crippen LogP contribution < -0.4 is 5.73 Å². The number of hydrogen-bond donors (Lipinski definition) is 1. The molecule has 17 heavy (non-hydrogen) atoms. The molecular weight excluding hydrogens is 216 g/mol. The van der Waals surface area contributed by atoms with Crippen molar-refractivity contribution in [2.75, 3.05) is 33.2 Å². The number of nitrogens with two attached hydrogens (primary N) is 1. The highest BCUT2D eigenvalue weighted by atomic mass is 16.1. The normalized spacial score (nSPS) is 20.0. The van der Waals surface area contributed by atoms with Crippen molar-refractivity contribution in [1.82, 2.24) is 9.80 Å². The van der Waals surface area contributed by atoms with Crippen LogP contribution in [0.3, 0.4) is 0 Å². The first-order valence-corrected chi connectivity index (χ1v) is 5.73. The van der Waals surface area contributed by atoms with E-state index in [1.54, 1.807) is 6.08 Å². The summed E-state index contributed by atoms with van der Waals surface area (Å²) in [6.07, 6.45) is 1.67. The van der Waals surface area contributed by atoms with Gasteiger partial charge in [0.1, 0.15) is 11.6 Å². The highest BCUT2D eigenvalue weighted by Crippen LogP contribution is 2.19. The van der Waals surface area contributed by atoms with Crippen LogP contribution in [0.4, 0.5) is 0 Å². The number of carbonyl (C=O) groups excluding carboxylic acids is 1. The lowest BCUT2D eigenvalue weighted by Crippen LogP contribution is -2.53. The van der Waals surface area contributed by atoms with Gasteiger partial charge in [0.05, 0.1) is 0 Å². The van der Waals surface area contributed by atoms with Gasteiger partial charge in [-0.05, 0) is 27.0 Å². The van der Waals surface area contributed by atoms with Crippen LogP contribution in [-0.2, 0) is 4.79 Å². The summed E-state index contributed by atoms with van der Waals surface area (Å²) in [6.45, 7) is 7.84. The minimum Gasteiger partial charge on any atom is -0.365 e. The number of nitrogens with zero attached hydrogens (tertiary/aromatic N) is 3. The molecule has 1 heterocycles. The van der Waals surface area contributed by atoms with E-state index in [-0.39, 0.29) is 11.1 Å². The monoisotopic (exact) mass is 236 g/mol. The van der Waals surface area contributed by atoms with Crippen molar-refractivity contribution in [3.63, 3.8) is 0 Å². The number of hydrogen-bond acceptors (Lipinski definition) is 4. The summed E-state index contributed by atoms with van der Waals surface area (Å²) in [5.41, 5.74) is 4.87. The molecule has 0 atom stereocenters. The Kier molecular flexibility index (Phi) is 4.27. The number of rotatable bonds is 3. The number of piperazine rings is 1. The lowest BCUT2D eigenvalue weighted by molar-refractivity contribution is -0.114. The second-order valence-corrected chi connectivity index (χ2v) is 4.98. The van der Waals surface area contributed by atoms with Gasteiger partial charge in [-0.15, -0.1) is 0 Å². The molecular formula is C12H20N4O. The zero-order valence-corrected chi connectivity index (χ0v) is 10.7. The Labute approximate surface area is 102 Å². The van der Waals surface area contributed by atoms with Gasteiger partial charge in [0.2, 0.25) is 0 Å². The fourth-order valence-electron chi connectivity index (χ4n) is 1.99. The lowest BCUT2D eigenvalue weighted by Gasteiger charge is -2.41. The van der Waals surface area contributed by atoms with Crippen molar-refractivity contribution in [2.45, 2.75) is 19.4 Å². The molecule has 0 aromatic heterocycles. The first-order chi connectivity index (χ1) is 7.86. The third-order valence-corrected chi connectivity index (χ3v) is 3.20. The van der Waals surface area contributed by atoms with E-state index in [1.165, 1.54) is 0 Å². The van der Waals surface area contributed by atoms with E-state index in [1.807, 2.05) is 19.9 Å². The predicted molar refractivity (Wildman–Crippen MR) is 66.0 cm³/mol. The van der Waals surface area contributed by atoms with Gasteiger partial charge >= 0.3 is 0 Å². The van der Waals surface area contributed by atoms with E-state index in [2.05, 4.69) is 16.8 Å². The van der Waals surface area contributed by atoms with Gasteiger partial charge < -0.3 is 10.6 Å². The number of likely N-dealkylation sites (N-methyl/N-ethyl adjacent to an activating group) is 1. The third kappa shape index (κ3) is 3.55. The summed E-state index contributed by atoms with van der Waals surface area (Å²) < 4.78 is 0. The highest BCUT2D eigenvalue weighted by Gasteiger charge is 2.28. The molecule has 1 rings (SSSR count). The Morgan fingerprint density at radius 1 is 1.35 bits per heavy atom. The van der Waals surface area contributed by atoms with Crippen molar-refractivity contribution < 1.29 is 4.79 Å². The molecule has 1 fully saturated rings. The SMILES string of the molecule is CN1CCN(C(C)(C)C=C(C#N)C(N)=O)CC1. The van der Waals surface area contributed by atoms with Crippen LogP contribution in [0.15, 0.2) is 11.6 Å². The summed E-state index contributed by atoms with van der Waals surface area (Å²) in [5, 5.41) is 8.85. The third-order valence-electron chi connectivity index (χ3n) is 3.20. The Bertz CT molecular complexity index is 359. The summed E-state index contributed by atoms with van der Waals surface area (Å²) in [7, 11) is 2.09. The molecule has 0 bridgehead atoms. The van der Waals surface area contributed by atoms with Gasteiger partial charge in [-0.1, -0.05) is 0 Å². The zero-order valence-electron chi connectivity index (χ0n) is 10.7. The molecule has 1 aliphatic heterocycles. The van der Waals surface area contributed by atoms with E-state index >= 15 is 0 Å². The van der Waals surface area contributed by atoms with E-state index in [9.17, 15) is 4.79 Å². The van der Waals surface area contributed by atoms with E-state index in [0.29, 0.717) is 0 Å². The van der Waals surface area contributed by atoms with Crippen LogP contribution in [0.25, 0.3) is 0 Å². The summed E-state index contributed by atoms with van der Waals surface area (Å²) in [5.74, 6) is -0.658. The number of carbonyl (C=O) groups is 1. The largest absolute Gasteiger partial charge is 0.365 e. The molecule has 2 N–H and O–H groups in total. The Balaban J connectivity index is 2.81. The molecule has 5 nitrogen and oxygen atoms in total.